The molecule has 0 spiro atoms. The molecule has 2 N–H and O–H groups in total. The van der Waals surface area contributed by atoms with E-state index in [1.54, 1.807) is 4.57 Å². The molecule has 0 saturated heterocycles. The molecule has 15 heavy (non-hydrogen) atoms. The number of carboxylic acids is 1. The second-order valence-electron chi connectivity index (χ2n) is 3.91. The molecule has 6 heteroatoms. The molecule has 0 aliphatic heterocycles. The van der Waals surface area contributed by atoms with E-state index in [1.807, 2.05) is 0 Å². The van der Waals surface area contributed by atoms with Crippen LogP contribution in [0, 0.1) is 5.92 Å². The Labute approximate surface area is 85.9 Å². The van der Waals surface area contributed by atoms with Gasteiger partial charge in [-0.25, -0.2) is 9.89 Å². The highest BCUT2D eigenvalue weighted by Crippen LogP contribution is 2.31. The van der Waals surface area contributed by atoms with Gasteiger partial charge in [-0.2, -0.15) is 5.10 Å². The van der Waals surface area contributed by atoms with Gasteiger partial charge in [-0.05, 0) is 25.7 Å². The maximum absolute atomic E-state index is 11.3. The highest BCUT2D eigenvalue weighted by Gasteiger charge is 2.27. The van der Waals surface area contributed by atoms with Gasteiger partial charge in [0.05, 0.1) is 5.92 Å². The molecule has 0 amide bonds. The van der Waals surface area contributed by atoms with E-state index < -0.39 is 5.97 Å². The summed E-state index contributed by atoms with van der Waals surface area (Å²) in [5.41, 5.74) is -0.214. The zero-order valence-electron chi connectivity index (χ0n) is 8.22. The van der Waals surface area contributed by atoms with Gasteiger partial charge >= 0.3 is 11.7 Å². The number of H-pyrrole nitrogens is 1. The third-order valence-corrected chi connectivity index (χ3v) is 3.02. The van der Waals surface area contributed by atoms with Crippen molar-refractivity contribution in [1.29, 1.82) is 0 Å². The van der Waals surface area contributed by atoms with Crippen LogP contribution in [0.3, 0.4) is 0 Å². The second kappa shape index (κ2) is 3.88. The quantitative estimate of drug-likeness (QED) is 0.740. The molecule has 1 aromatic heterocycles. The van der Waals surface area contributed by atoms with E-state index in [0.29, 0.717) is 12.8 Å². The minimum absolute atomic E-state index is 0.104. The molecule has 2 rings (SSSR count). The summed E-state index contributed by atoms with van der Waals surface area (Å²) in [5.74, 6) is -0.975. The summed E-state index contributed by atoms with van der Waals surface area (Å²) in [6.07, 6.45) is 4.22. The van der Waals surface area contributed by atoms with Gasteiger partial charge in [0.25, 0.3) is 0 Å². The molecule has 1 saturated carbocycles. The summed E-state index contributed by atoms with van der Waals surface area (Å²) in [7, 11) is 0. The Hall–Kier alpha value is -1.59. The van der Waals surface area contributed by atoms with Crippen molar-refractivity contribution in [3.8, 4) is 0 Å². The Kier molecular flexibility index (Phi) is 2.57. The van der Waals surface area contributed by atoms with Gasteiger partial charge in [-0.15, -0.1) is 0 Å². The lowest BCUT2D eigenvalue weighted by Gasteiger charge is -2.25. The average Bonchev–Trinajstić information content (AvgIpc) is 2.65. The number of nitrogens with one attached hydrogen (secondary N) is 1. The van der Waals surface area contributed by atoms with Crippen LogP contribution in [0.2, 0.25) is 0 Å². The summed E-state index contributed by atoms with van der Waals surface area (Å²) >= 11 is 0. The zero-order valence-corrected chi connectivity index (χ0v) is 8.22. The molecule has 0 atom stereocenters. The Morgan fingerprint density at radius 1 is 1.47 bits per heavy atom. The van der Waals surface area contributed by atoms with Crippen molar-refractivity contribution in [2.45, 2.75) is 31.7 Å². The molecule has 1 aliphatic rings. The van der Waals surface area contributed by atoms with E-state index >= 15 is 0 Å². The Morgan fingerprint density at radius 3 is 2.60 bits per heavy atom. The molecule has 0 bridgehead atoms. The van der Waals surface area contributed by atoms with Crippen molar-refractivity contribution in [3.05, 3.63) is 16.8 Å². The van der Waals surface area contributed by atoms with E-state index in [-0.39, 0.29) is 17.6 Å². The van der Waals surface area contributed by atoms with Crippen LogP contribution in [-0.2, 0) is 4.79 Å². The molecule has 6 nitrogen and oxygen atoms in total. The second-order valence-corrected chi connectivity index (χ2v) is 3.91. The van der Waals surface area contributed by atoms with E-state index in [1.165, 1.54) is 6.33 Å². The number of hydrogen-bond donors (Lipinski definition) is 2. The molecule has 1 aliphatic carbocycles. The van der Waals surface area contributed by atoms with E-state index in [0.717, 1.165) is 12.8 Å². The van der Waals surface area contributed by atoms with E-state index in [9.17, 15) is 9.59 Å². The van der Waals surface area contributed by atoms with Gasteiger partial charge in [0, 0.05) is 6.04 Å². The summed E-state index contributed by atoms with van der Waals surface area (Å²) in [4.78, 5) is 22.0. The molecular weight excluding hydrogens is 198 g/mol. The molecule has 82 valence electrons. The van der Waals surface area contributed by atoms with Gasteiger partial charge in [0.2, 0.25) is 0 Å². The molecule has 0 unspecified atom stereocenters. The van der Waals surface area contributed by atoms with Crippen molar-refractivity contribution < 1.29 is 9.90 Å². The van der Waals surface area contributed by atoms with E-state index in [4.69, 9.17) is 5.11 Å². The number of rotatable bonds is 2. The van der Waals surface area contributed by atoms with Crippen molar-refractivity contribution in [2.75, 3.05) is 0 Å². The SMILES string of the molecule is O=C(O)C1CCC(n2cn[nH]c2=O)CC1. The minimum Gasteiger partial charge on any atom is -0.481 e. The van der Waals surface area contributed by atoms with Gasteiger partial charge in [0.1, 0.15) is 6.33 Å². The van der Waals surface area contributed by atoms with Crippen molar-refractivity contribution in [2.24, 2.45) is 5.92 Å². The minimum atomic E-state index is -0.729. The Balaban J connectivity index is 2.03. The largest absolute Gasteiger partial charge is 0.481 e. The zero-order chi connectivity index (χ0) is 10.8. The molecule has 1 aromatic rings. The predicted molar refractivity (Wildman–Crippen MR) is 51.5 cm³/mol. The van der Waals surface area contributed by atoms with Crippen LogP contribution in [0.5, 0.6) is 0 Å². The maximum Gasteiger partial charge on any atom is 0.343 e. The van der Waals surface area contributed by atoms with Gasteiger partial charge < -0.3 is 5.11 Å². The maximum atomic E-state index is 11.3. The number of aromatic amines is 1. The summed E-state index contributed by atoms with van der Waals surface area (Å²) in [6, 6.07) is 0.104. The van der Waals surface area contributed by atoms with E-state index in [2.05, 4.69) is 10.2 Å². The first-order valence-corrected chi connectivity index (χ1v) is 5.03. The Morgan fingerprint density at radius 2 is 2.13 bits per heavy atom. The number of nitrogens with zero attached hydrogens (tertiary/aromatic N) is 2. The number of aliphatic carboxylic acids is 1. The van der Waals surface area contributed by atoms with Gasteiger partial charge in [0.15, 0.2) is 0 Å². The van der Waals surface area contributed by atoms with Crippen molar-refractivity contribution >= 4 is 5.97 Å². The lowest BCUT2D eigenvalue weighted by molar-refractivity contribution is -0.143. The molecule has 1 fully saturated rings. The van der Waals surface area contributed by atoms with Crippen molar-refractivity contribution in [1.82, 2.24) is 14.8 Å². The topological polar surface area (TPSA) is 88.0 Å². The fourth-order valence-corrected chi connectivity index (χ4v) is 2.12. The van der Waals surface area contributed by atoms with Gasteiger partial charge in [-0.3, -0.25) is 9.36 Å². The number of carboxylic acid groups (broad SMARTS) is 1. The average molecular weight is 211 g/mol. The van der Waals surface area contributed by atoms with Crippen LogP contribution in [0.1, 0.15) is 31.7 Å². The van der Waals surface area contributed by atoms with Crippen molar-refractivity contribution in [3.63, 3.8) is 0 Å². The first kappa shape index (κ1) is 9.95. The lowest BCUT2D eigenvalue weighted by atomic mass is 9.86. The number of aromatic nitrogens is 3. The monoisotopic (exact) mass is 211 g/mol. The normalized spacial score (nSPS) is 26.4. The van der Waals surface area contributed by atoms with Crippen LogP contribution < -0.4 is 5.69 Å². The van der Waals surface area contributed by atoms with Crippen LogP contribution in [0.25, 0.3) is 0 Å². The molecule has 0 radical (unpaired) electrons. The Bertz CT molecular complexity index is 401. The number of carbonyl (C=O) groups is 1. The molecular formula is C9H13N3O3. The first-order valence-electron chi connectivity index (χ1n) is 5.03. The third kappa shape index (κ3) is 1.93. The highest BCUT2D eigenvalue weighted by molar-refractivity contribution is 5.69. The van der Waals surface area contributed by atoms with Gasteiger partial charge in [-0.1, -0.05) is 0 Å². The fourth-order valence-electron chi connectivity index (χ4n) is 2.12. The first-order chi connectivity index (χ1) is 7.18. The highest BCUT2D eigenvalue weighted by atomic mass is 16.4. The molecule has 0 aromatic carbocycles. The third-order valence-electron chi connectivity index (χ3n) is 3.02. The summed E-state index contributed by atoms with van der Waals surface area (Å²) in [6.45, 7) is 0. The van der Waals surface area contributed by atoms with Crippen LogP contribution in [0.4, 0.5) is 0 Å². The summed E-state index contributed by atoms with van der Waals surface area (Å²) in [5, 5.41) is 14.8. The van der Waals surface area contributed by atoms with Crippen LogP contribution in [0.15, 0.2) is 11.1 Å². The summed E-state index contributed by atoms with van der Waals surface area (Å²) < 4.78 is 1.55. The van der Waals surface area contributed by atoms with Crippen LogP contribution in [-0.4, -0.2) is 25.8 Å². The fraction of sp³-hybridized carbons (Fsp3) is 0.667. The smallest absolute Gasteiger partial charge is 0.343 e. The standard InChI is InChI=1S/C9H13N3O3/c13-8(14)6-1-3-7(4-2-6)12-5-10-11-9(12)15/h5-7H,1-4H2,(H,11,15)(H,13,14). The molecule has 1 heterocycles. The number of hydrogen-bond acceptors (Lipinski definition) is 3. The van der Waals surface area contributed by atoms with Crippen LogP contribution >= 0.6 is 0 Å². The predicted octanol–water partition coefficient (Wildman–Crippen LogP) is 0.387. The lowest BCUT2D eigenvalue weighted by Crippen LogP contribution is -2.28.